The molecule has 47 heavy (non-hydrogen) atoms. The summed E-state index contributed by atoms with van der Waals surface area (Å²) in [6.07, 6.45) is 6.32. The standard InChI is InChI=1S/C17H15FN4O2.C16H14FN5O/c1-9-12-5-11(18)6-13(10-7-20-17(24-2)21-8-10)15(12)22-4-3-19-16(23)14(9)22;1-8-11-4-10(17)5-12(9-6-20-16(18)21-7-9)14(11)22-3-2-19-15(23)13(8)22/h5-8H,3-4H2,1-2H3,(H,19,23);4-7H,2-3H2,1H3,(H,19,23)(H2,18,20,21). The first-order chi connectivity index (χ1) is 22.7. The van der Waals surface area contributed by atoms with E-state index in [2.05, 4.69) is 30.6 Å². The number of ether oxygens (including phenoxy) is 1. The van der Waals surface area contributed by atoms with Crippen molar-refractivity contribution in [1.82, 2.24) is 39.7 Å². The van der Waals surface area contributed by atoms with Gasteiger partial charge in [-0.1, -0.05) is 0 Å². The number of nitrogens with two attached hydrogens (primary N) is 1. The van der Waals surface area contributed by atoms with Crippen LogP contribution in [0.5, 0.6) is 6.01 Å². The quantitative estimate of drug-likeness (QED) is 0.261. The molecule has 8 rings (SSSR count). The lowest BCUT2D eigenvalue weighted by molar-refractivity contribution is 0.0920. The average Bonchev–Trinajstić information content (AvgIpc) is 3.52. The SMILES string of the molecule is COc1ncc(-c2cc(F)cc3c(C)c4n(c23)CCNC4=O)cn1.Cc1c2n(c3c(-c4cnc(N)nc4)cc(F)cc13)CCNC2=O. The van der Waals surface area contributed by atoms with Crippen LogP contribution >= 0.6 is 0 Å². The summed E-state index contributed by atoms with van der Waals surface area (Å²) in [6, 6.07) is 6.07. The molecular weight excluding hydrogens is 608 g/mol. The van der Waals surface area contributed by atoms with E-state index in [1.807, 2.05) is 23.0 Å². The first-order valence-electron chi connectivity index (χ1n) is 14.8. The van der Waals surface area contributed by atoms with Gasteiger partial charge >= 0.3 is 6.01 Å². The number of fused-ring (bicyclic) bond motifs is 6. The molecule has 12 nitrogen and oxygen atoms in total. The van der Waals surface area contributed by atoms with Crippen LogP contribution in [0.1, 0.15) is 32.1 Å². The number of anilines is 1. The number of methoxy groups -OCH3 is 1. The minimum absolute atomic E-state index is 0.132. The van der Waals surface area contributed by atoms with Crippen LogP contribution in [-0.4, -0.2) is 61.1 Å². The van der Waals surface area contributed by atoms with Crippen LogP contribution < -0.4 is 21.1 Å². The largest absolute Gasteiger partial charge is 0.467 e. The summed E-state index contributed by atoms with van der Waals surface area (Å²) in [5, 5.41) is 7.12. The molecule has 0 aliphatic carbocycles. The Morgan fingerprint density at radius 1 is 0.723 bits per heavy atom. The minimum Gasteiger partial charge on any atom is -0.467 e. The lowest BCUT2D eigenvalue weighted by atomic mass is 10.0. The van der Waals surface area contributed by atoms with Crippen molar-refractivity contribution in [2.75, 3.05) is 25.9 Å². The van der Waals surface area contributed by atoms with Gasteiger partial charge in [0, 0.05) is 84.0 Å². The maximum Gasteiger partial charge on any atom is 0.316 e. The number of amides is 2. The Kier molecular flexibility index (Phi) is 7.26. The Bertz CT molecular complexity index is 2230. The second-order valence-corrected chi connectivity index (χ2v) is 11.2. The highest BCUT2D eigenvalue weighted by Crippen LogP contribution is 2.37. The van der Waals surface area contributed by atoms with Gasteiger partial charge in [-0.25, -0.2) is 28.7 Å². The molecule has 2 aliphatic heterocycles. The first-order valence-corrected chi connectivity index (χ1v) is 14.8. The highest BCUT2D eigenvalue weighted by Gasteiger charge is 2.27. The fourth-order valence-electron chi connectivity index (χ4n) is 6.48. The minimum atomic E-state index is -0.365. The predicted octanol–water partition coefficient (Wildman–Crippen LogP) is 4.17. The number of benzene rings is 2. The topological polar surface area (TPSA) is 155 Å². The summed E-state index contributed by atoms with van der Waals surface area (Å²) in [5.74, 6) is -0.832. The third kappa shape index (κ3) is 4.98. The zero-order chi connectivity index (χ0) is 33.0. The van der Waals surface area contributed by atoms with Crippen LogP contribution in [-0.2, 0) is 13.1 Å². The molecule has 0 unspecified atom stereocenters. The Morgan fingerprint density at radius 3 is 1.57 bits per heavy atom. The molecule has 0 atom stereocenters. The molecule has 0 saturated carbocycles. The van der Waals surface area contributed by atoms with Crippen LogP contribution in [0.15, 0.2) is 49.1 Å². The first kappa shape index (κ1) is 29.8. The number of aromatic nitrogens is 6. The molecule has 6 aromatic rings. The summed E-state index contributed by atoms with van der Waals surface area (Å²) >= 11 is 0. The van der Waals surface area contributed by atoms with E-state index in [0.29, 0.717) is 59.8 Å². The molecule has 2 amide bonds. The number of carbonyl (C=O) groups is 2. The zero-order valence-corrected chi connectivity index (χ0v) is 25.7. The van der Waals surface area contributed by atoms with Gasteiger partial charge in [0.25, 0.3) is 11.8 Å². The number of nitrogens with one attached hydrogen (secondary N) is 2. The van der Waals surface area contributed by atoms with Gasteiger partial charge in [0.15, 0.2) is 0 Å². The number of nitrogens with zero attached hydrogens (tertiary/aromatic N) is 6. The lowest BCUT2D eigenvalue weighted by Crippen LogP contribution is -2.35. The molecule has 0 spiro atoms. The smallest absolute Gasteiger partial charge is 0.316 e. The molecule has 0 saturated heterocycles. The van der Waals surface area contributed by atoms with Gasteiger partial charge in [-0.3, -0.25) is 9.59 Å². The van der Waals surface area contributed by atoms with E-state index < -0.39 is 0 Å². The van der Waals surface area contributed by atoms with Crippen molar-refractivity contribution in [3.05, 3.63) is 83.2 Å². The van der Waals surface area contributed by atoms with E-state index in [4.69, 9.17) is 10.5 Å². The number of nitrogen functional groups attached to an aromatic ring is 1. The van der Waals surface area contributed by atoms with Crippen molar-refractivity contribution in [3.63, 3.8) is 0 Å². The van der Waals surface area contributed by atoms with E-state index >= 15 is 0 Å². The van der Waals surface area contributed by atoms with E-state index in [9.17, 15) is 18.4 Å². The Morgan fingerprint density at radius 2 is 1.15 bits per heavy atom. The molecule has 238 valence electrons. The maximum absolute atomic E-state index is 14.2. The highest BCUT2D eigenvalue weighted by molar-refractivity contribution is 6.07. The third-order valence-corrected chi connectivity index (χ3v) is 8.52. The fourth-order valence-corrected chi connectivity index (χ4v) is 6.48. The van der Waals surface area contributed by atoms with Crippen LogP contribution in [0.2, 0.25) is 0 Å². The number of carbonyl (C=O) groups excluding carboxylic acids is 2. The van der Waals surface area contributed by atoms with Gasteiger partial charge in [-0.2, -0.15) is 0 Å². The van der Waals surface area contributed by atoms with E-state index in [-0.39, 0.29) is 35.4 Å². The number of rotatable bonds is 3. The van der Waals surface area contributed by atoms with Crippen molar-refractivity contribution in [3.8, 4) is 28.3 Å². The van der Waals surface area contributed by atoms with Gasteiger partial charge in [-0.05, 0) is 49.2 Å². The Labute approximate surface area is 266 Å². The summed E-state index contributed by atoms with van der Waals surface area (Å²) < 4.78 is 37.2. The van der Waals surface area contributed by atoms with Crippen LogP contribution in [0.4, 0.5) is 14.7 Å². The average molecular weight is 638 g/mol. The van der Waals surface area contributed by atoms with Gasteiger partial charge in [-0.15, -0.1) is 0 Å². The monoisotopic (exact) mass is 637 g/mol. The molecule has 0 bridgehead atoms. The van der Waals surface area contributed by atoms with E-state index in [1.54, 1.807) is 24.8 Å². The van der Waals surface area contributed by atoms with Crippen LogP contribution in [0.25, 0.3) is 44.1 Å². The van der Waals surface area contributed by atoms with Crippen molar-refractivity contribution in [2.45, 2.75) is 26.9 Å². The van der Waals surface area contributed by atoms with E-state index in [0.717, 1.165) is 32.9 Å². The molecule has 0 fully saturated rings. The Balaban J connectivity index is 0.000000150. The Hall–Kier alpha value is -5.92. The van der Waals surface area contributed by atoms with Gasteiger partial charge < -0.3 is 30.2 Å². The van der Waals surface area contributed by atoms with Crippen molar-refractivity contribution in [2.24, 2.45) is 0 Å². The third-order valence-electron chi connectivity index (χ3n) is 8.52. The summed E-state index contributed by atoms with van der Waals surface area (Å²) in [4.78, 5) is 40.6. The fraction of sp³-hybridized carbons (Fsp3) is 0.212. The van der Waals surface area contributed by atoms with Crippen molar-refractivity contribution >= 4 is 39.6 Å². The normalized spacial score (nSPS) is 13.8. The molecular formula is C33H29F2N9O3. The lowest BCUT2D eigenvalue weighted by Gasteiger charge is -2.18. The zero-order valence-electron chi connectivity index (χ0n) is 25.7. The molecule has 4 aromatic heterocycles. The second kappa shape index (κ2) is 11.5. The van der Waals surface area contributed by atoms with Crippen molar-refractivity contribution in [1.29, 1.82) is 0 Å². The molecule has 6 heterocycles. The van der Waals surface area contributed by atoms with E-state index in [1.165, 1.54) is 31.4 Å². The summed E-state index contributed by atoms with van der Waals surface area (Å²) in [5.41, 5.74) is 12.5. The summed E-state index contributed by atoms with van der Waals surface area (Å²) in [6.45, 7) is 6.05. The molecule has 2 aliphatic rings. The van der Waals surface area contributed by atoms with Gasteiger partial charge in [0.05, 0.1) is 18.1 Å². The van der Waals surface area contributed by atoms with Crippen molar-refractivity contribution < 1.29 is 23.1 Å². The predicted molar refractivity (Wildman–Crippen MR) is 171 cm³/mol. The molecule has 2 aromatic carbocycles. The number of halogens is 2. The number of hydrogen-bond acceptors (Lipinski definition) is 8. The second-order valence-electron chi connectivity index (χ2n) is 11.2. The van der Waals surface area contributed by atoms with Gasteiger partial charge in [0.1, 0.15) is 23.0 Å². The molecule has 14 heteroatoms. The number of aryl methyl sites for hydroxylation is 2. The number of hydrogen-bond donors (Lipinski definition) is 3. The van der Waals surface area contributed by atoms with Crippen LogP contribution in [0, 0.1) is 25.5 Å². The maximum atomic E-state index is 14.2. The van der Waals surface area contributed by atoms with Gasteiger partial charge in [0.2, 0.25) is 5.95 Å². The molecule has 4 N–H and O–H groups in total. The highest BCUT2D eigenvalue weighted by atomic mass is 19.1. The summed E-state index contributed by atoms with van der Waals surface area (Å²) in [7, 11) is 1.49. The molecule has 0 radical (unpaired) electrons. The van der Waals surface area contributed by atoms with Crippen LogP contribution in [0.3, 0.4) is 0 Å².